The third-order valence-electron chi connectivity index (χ3n) is 2.04. The second-order valence-electron chi connectivity index (χ2n) is 3.34. The van der Waals surface area contributed by atoms with Crippen LogP contribution < -0.4 is 5.32 Å². The number of aromatic nitrogens is 2. The van der Waals surface area contributed by atoms with Crippen LogP contribution in [0.25, 0.3) is 0 Å². The van der Waals surface area contributed by atoms with E-state index in [1.54, 1.807) is 0 Å². The Kier molecular flexibility index (Phi) is 3.64. The lowest BCUT2D eigenvalue weighted by Gasteiger charge is -2.07. The molecule has 0 aliphatic heterocycles. The SMILES string of the molecule is O=C(Nc1cc(Cl)ccc1O)c1cncc(Cl)n1. The Bertz CT molecular complexity index is 605. The van der Waals surface area contributed by atoms with E-state index in [9.17, 15) is 9.90 Å². The number of phenolic OH excluding ortho intramolecular Hbond substituents is 1. The van der Waals surface area contributed by atoms with Crippen LogP contribution in [-0.4, -0.2) is 21.0 Å². The zero-order chi connectivity index (χ0) is 13.1. The van der Waals surface area contributed by atoms with E-state index in [0.29, 0.717) is 5.02 Å². The number of anilines is 1. The molecule has 92 valence electrons. The molecule has 7 heteroatoms. The van der Waals surface area contributed by atoms with Crippen LogP contribution in [0.2, 0.25) is 10.2 Å². The van der Waals surface area contributed by atoms with E-state index < -0.39 is 5.91 Å². The topological polar surface area (TPSA) is 75.1 Å². The van der Waals surface area contributed by atoms with Crippen molar-refractivity contribution in [2.45, 2.75) is 0 Å². The molecular weight excluding hydrogens is 277 g/mol. The van der Waals surface area contributed by atoms with Gasteiger partial charge in [-0.25, -0.2) is 4.98 Å². The van der Waals surface area contributed by atoms with Crippen LogP contribution in [-0.2, 0) is 0 Å². The van der Waals surface area contributed by atoms with Crippen molar-refractivity contribution >= 4 is 34.8 Å². The standard InChI is InChI=1S/C11H7Cl2N3O2/c12-6-1-2-9(17)7(3-6)16-11(18)8-4-14-5-10(13)15-8/h1-5,17H,(H,16,18). The van der Waals surface area contributed by atoms with Crippen molar-refractivity contribution in [3.05, 3.63) is 46.5 Å². The van der Waals surface area contributed by atoms with E-state index in [1.807, 2.05) is 0 Å². The first kappa shape index (κ1) is 12.6. The largest absolute Gasteiger partial charge is 0.506 e. The van der Waals surface area contributed by atoms with E-state index in [-0.39, 0.29) is 22.3 Å². The number of nitrogens with zero attached hydrogens (tertiary/aromatic N) is 2. The maximum Gasteiger partial charge on any atom is 0.276 e. The monoisotopic (exact) mass is 283 g/mol. The lowest BCUT2D eigenvalue weighted by atomic mass is 10.3. The number of carbonyl (C=O) groups is 1. The van der Waals surface area contributed by atoms with Gasteiger partial charge >= 0.3 is 0 Å². The van der Waals surface area contributed by atoms with Gasteiger partial charge in [-0.2, -0.15) is 0 Å². The lowest BCUT2D eigenvalue weighted by molar-refractivity contribution is 0.102. The first-order valence-corrected chi connectivity index (χ1v) is 5.59. The van der Waals surface area contributed by atoms with Crippen molar-refractivity contribution in [1.29, 1.82) is 0 Å². The summed E-state index contributed by atoms with van der Waals surface area (Å²) in [6, 6.07) is 4.31. The second kappa shape index (κ2) is 5.20. The predicted molar refractivity (Wildman–Crippen MR) is 68.1 cm³/mol. The number of halogens is 2. The highest BCUT2D eigenvalue weighted by Crippen LogP contribution is 2.26. The molecule has 0 fully saturated rings. The highest BCUT2D eigenvalue weighted by molar-refractivity contribution is 6.31. The van der Waals surface area contributed by atoms with E-state index in [4.69, 9.17) is 23.2 Å². The molecule has 5 nitrogen and oxygen atoms in total. The summed E-state index contributed by atoms with van der Waals surface area (Å²) in [6.45, 7) is 0. The highest BCUT2D eigenvalue weighted by atomic mass is 35.5. The quantitative estimate of drug-likeness (QED) is 0.831. The molecule has 0 aliphatic carbocycles. The number of rotatable bonds is 2. The molecule has 0 unspecified atom stereocenters. The number of benzene rings is 1. The number of hydrogen-bond acceptors (Lipinski definition) is 4. The average molecular weight is 284 g/mol. The summed E-state index contributed by atoms with van der Waals surface area (Å²) in [5.74, 6) is -0.634. The number of phenols is 1. The summed E-state index contributed by atoms with van der Waals surface area (Å²) in [5, 5.41) is 12.5. The average Bonchev–Trinajstić information content (AvgIpc) is 2.34. The Morgan fingerprint density at radius 1 is 1.28 bits per heavy atom. The van der Waals surface area contributed by atoms with E-state index in [2.05, 4.69) is 15.3 Å². The fraction of sp³-hybridized carbons (Fsp3) is 0. The Balaban J connectivity index is 2.24. The van der Waals surface area contributed by atoms with Gasteiger partial charge in [-0.05, 0) is 18.2 Å². The molecule has 2 rings (SSSR count). The van der Waals surface area contributed by atoms with E-state index in [1.165, 1.54) is 30.6 Å². The number of hydrogen-bond donors (Lipinski definition) is 2. The summed E-state index contributed by atoms with van der Waals surface area (Å²) < 4.78 is 0. The first-order chi connectivity index (χ1) is 8.56. The van der Waals surface area contributed by atoms with Crippen molar-refractivity contribution in [1.82, 2.24) is 9.97 Å². The van der Waals surface area contributed by atoms with Crippen LogP contribution in [0, 0.1) is 0 Å². The van der Waals surface area contributed by atoms with Crippen LogP contribution in [0.5, 0.6) is 5.75 Å². The fourth-order valence-corrected chi connectivity index (χ4v) is 1.57. The van der Waals surface area contributed by atoms with Gasteiger partial charge in [0.05, 0.1) is 18.1 Å². The Hall–Kier alpha value is -1.85. The minimum atomic E-state index is -0.539. The summed E-state index contributed by atoms with van der Waals surface area (Å²) in [5.41, 5.74) is 0.233. The van der Waals surface area contributed by atoms with Gasteiger partial charge in [0.15, 0.2) is 0 Å². The van der Waals surface area contributed by atoms with Crippen LogP contribution >= 0.6 is 23.2 Å². The molecule has 0 spiro atoms. The Morgan fingerprint density at radius 3 is 2.78 bits per heavy atom. The summed E-state index contributed by atoms with van der Waals surface area (Å²) in [4.78, 5) is 19.3. The first-order valence-electron chi connectivity index (χ1n) is 4.83. The second-order valence-corrected chi connectivity index (χ2v) is 4.17. The van der Waals surface area contributed by atoms with Gasteiger partial charge in [-0.1, -0.05) is 23.2 Å². The van der Waals surface area contributed by atoms with Crippen molar-refractivity contribution < 1.29 is 9.90 Å². The summed E-state index contributed by atoms with van der Waals surface area (Å²) >= 11 is 11.4. The predicted octanol–water partition coefficient (Wildman–Crippen LogP) is 2.74. The number of nitrogens with one attached hydrogen (secondary N) is 1. The minimum absolute atomic E-state index is 0.0434. The maximum atomic E-state index is 11.8. The molecular formula is C11H7Cl2N3O2. The molecule has 0 aliphatic rings. The molecule has 0 saturated heterocycles. The van der Waals surface area contributed by atoms with E-state index >= 15 is 0 Å². The highest BCUT2D eigenvalue weighted by Gasteiger charge is 2.11. The molecule has 1 aromatic heterocycles. The van der Waals surface area contributed by atoms with Gasteiger partial charge in [0, 0.05) is 5.02 Å². The summed E-state index contributed by atoms with van der Waals surface area (Å²) in [7, 11) is 0. The molecule has 1 aromatic carbocycles. The van der Waals surface area contributed by atoms with Gasteiger partial charge in [-0.3, -0.25) is 9.78 Å². The molecule has 2 N–H and O–H groups in total. The zero-order valence-electron chi connectivity index (χ0n) is 8.89. The molecule has 0 bridgehead atoms. The molecule has 2 aromatic rings. The van der Waals surface area contributed by atoms with Crippen LogP contribution in [0.15, 0.2) is 30.6 Å². The summed E-state index contributed by atoms with van der Waals surface area (Å²) in [6.07, 6.45) is 2.58. The van der Waals surface area contributed by atoms with Crippen LogP contribution in [0.1, 0.15) is 10.5 Å². The lowest BCUT2D eigenvalue weighted by Crippen LogP contribution is -2.14. The normalized spacial score (nSPS) is 10.1. The van der Waals surface area contributed by atoms with E-state index in [0.717, 1.165) is 0 Å². The fourth-order valence-electron chi connectivity index (χ4n) is 1.25. The van der Waals surface area contributed by atoms with Gasteiger partial charge in [-0.15, -0.1) is 0 Å². The van der Waals surface area contributed by atoms with Gasteiger partial charge in [0.1, 0.15) is 16.6 Å². The van der Waals surface area contributed by atoms with Gasteiger partial charge in [0.2, 0.25) is 0 Å². The third kappa shape index (κ3) is 2.88. The Morgan fingerprint density at radius 2 is 2.06 bits per heavy atom. The van der Waals surface area contributed by atoms with Crippen molar-refractivity contribution in [3.8, 4) is 5.75 Å². The van der Waals surface area contributed by atoms with Gasteiger partial charge < -0.3 is 10.4 Å². The zero-order valence-corrected chi connectivity index (χ0v) is 10.4. The maximum absolute atomic E-state index is 11.8. The van der Waals surface area contributed by atoms with Crippen molar-refractivity contribution in [2.75, 3.05) is 5.32 Å². The van der Waals surface area contributed by atoms with Crippen LogP contribution in [0.3, 0.4) is 0 Å². The molecule has 18 heavy (non-hydrogen) atoms. The molecule has 0 atom stereocenters. The smallest absolute Gasteiger partial charge is 0.276 e. The minimum Gasteiger partial charge on any atom is -0.506 e. The molecule has 0 radical (unpaired) electrons. The number of aromatic hydroxyl groups is 1. The molecule has 0 saturated carbocycles. The third-order valence-corrected chi connectivity index (χ3v) is 2.46. The number of carbonyl (C=O) groups excluding carboxylic acids is 1. The van der Waals surface area contributed by atoms with Crippen molar-refractivity contribution in [3.63, 3.8) is 0 Å². The number of amides is 1. The van der Waals surface area contributed by atoms with Crippen molar-refractivity contribution in [2.24, 2.45) is 0 Å². The van der Waals surface area contributed by atoms with Crippen LogP contribution in [0.4, 0.5) is 5.69 Å². The molecule has 1 heterocycles. The molecule has 1 amide bonds. The van der Waals surface area contributed by atoms with Gasteiger partial charge in [0.25, 0.3) is 5.91 Å². The Labute approximate surface area is 112 Å².